The van der Waals surface area contributed by atoms with Gasteiger partial charge < -0.3 is 15.8 Å². The van der Waals surface area contributed by atoms with Gasteiger partial charge >= 0.3 is 0 Å². The Morgan fingerprint density at radius 2 is 2.04 bits per heavy atom. The first kappa shape index (κ1) is 21.3. The largest absolute Gasteiger partial charge is 0.493 e. The summed E-state index contributed by atoms with van der Waals surface area (Å²) in [6.07, 6.45) is 1.92. The van der Waals surface area contributed by atoms with E-state index in [0.29, 0.717) is 24.8 Å². The smallest absolute Gasteiger partial charge is 0.229 e. The summed E-state index contributed by atoms with van der Waals surface area (Å²) in [4.78, 5) is 4.36. The van der Waals surface area contributed by atoms with Gasteiger partial charge in [0.2, 0.25) is 10.0 Å². The number of hydrogen-bond acceptors (Lipinski definition) is 4. The Kier molecular flexibility index (Phi) is 7.31. The predicted molar refractivity (Wildman–Crippen MR) is 118 cm³/mol. The highest BCUT2D eigenvalue weighted by atomic mass is 127. The van der Waals surface area contributed by atoms with Crippen LogP contribution in [0.15, 0.2) is 53.5 Å². The summed E-state index contributed by atoms with van der Waals surface area (Å²) < 4.78 is 30.7. The third kappa shape index (κ3) is 6.28. The number of para-hydroxylation sites is 1. The van der Waals surface area contributed by atoms with Crippen LogP contribution in [0, 0.1) is 0 Å². The SMILES string of the molecule is CS(=O)(=O)Nc1cccc(CN=C(N)NC2CCOc3ccccc32)c1.I. The van der Waals surface area contributed by atoms with E-state index in [1.54, 1.807) is 18.2 Å². The van der Waals surface area contributed by atoms with Crippen LogP contribution in [0.2, 0.25) is 0 Å². The summed E-state index contributed by atoms with van der Waals surface area (Å²) in [7, 11) is -3.31. The standard InChI is InChI=1S/C18H22N4O3S.HI/c1-26(23,24)22-14-6-4-5-13(11-14)12-20-18(19)21-16-9-10-25-17-8-3-2-7-15(16)17;/h2-8,11,16,22H,9-10,12H2,1H3,(H3,19,20,21);1H. The topological polar surface area (TPSA) is 106 Å². The molecular formula is C18H23IN4O3S. The molecule has 1 aliphatic heterocycles. The van der Waals surface area contributed by atoms with Crippen molar-refractivity contribution < 1.29 is 13.2 Å². The number of hydrogen-bond donors (Lipinski definition) is 3. The Bertz CT molecular complexity index is 918. The molecule has 1 aliphatic rings. The minimum absolute atomic E-state index is 0. The molecular weight excluding hydrogens is 479 g/mol. The summed E-state index contributed by atoms with van der Waals surface area (Å²) in [6.45, 7) is 0.976. The quantitative estimate of drug-likeness (QED) is 0.331. The van der Waals surface area contributed by atoms with E-state index in [0.717, 1.165) is 29.6 Å². The van der Waals surface area contributed by atoms with Crippen molar-refractivity contribution in [3.8, 4) is 5.75 Å². The second kappa shape index (κ2) is 9.27. The van der Waals surface area contributed by atoms with Crippen LogP contribution in [0.5, 0.6) is 5.75 Å². The molecule has 0 saturated heterocycles. The highest BCUT2D eigenvalue weighted by molar-refractivity contribution is 14.0. The highest BCUT2D eigenvalue weighted by Gasteiger charge is 2.21. The van der Waals surface area contributed by atoms with Gasteiger partial charge in [-0.25, -0.2) is 13.4 Å². The molecule has 0 radical (unpaired) electrons. The van der Waals surface area contributed by atoms with Gasteiger partial charge in [-0.2, -0.15) is 0 Å². The summed E-state index contributed by atoms with van der Waals surface area (Å²) in [5.41, 5.74) is 8.46. The maximum absolute atomic E-state index is 11.3. The number of fused-ring (bicyclic) bond motifs is 1. The molecule has 1 unspecified atom stereocenters. The summed E-state index contributed by atoms with van der Waals surface area (Å²) in [6, 6.07) is 15.0. The van der Waals surface area contributed by atoms with E-state index in [1.165, 1.54) is 0 Å². The van der Waals surface area contributed by atoms with Crippen molar-refractivity contribution in [2.24, 2.45) is 10.7 Å². The second-order valence-corrected chi connectivity index (χ2v) is 7.90. The Hall–Kier alpha value is -2.01. The lowest BCUT2D eigenvalue weighted by molar-refractivity contribution is 0.262. The molecule has 1 heterocycles. The first-order valence-corrected chi connectivity index (χ1v) is 10.1. The molecule has 7 nitrogen and oxygen atoms in total. The van der Waals surface area contributed by atoms with Gasteiger partial charge in [0.05, 0.1) is 25.4 Å². The van der Waals surface area contributed by atoms with Crippen molar-refractivity contribution >= 4 is 45.6 Å². The number of sulfonamides is 1. The fourth-order valence-corrected chi connectivity index (χ4v) is 3.39. The monoisotopic (exact) mass is 502 g/mol. The second-order valence-electron chi connectivity index (χ2n) is 6.15. The highest BCUT2D eigenvalue weighted by Crippen LogP contribution is 2.31. The summed E-state index contributed by atoms with van der Waals surface area (Å²) in [5.74, 6) is 1.21. The van der Waals surface area contributed by atoms with Crippen LogP contribution in [0.3, 0.4) is 0 Å². The van der Waals surface area contributed by atoms with Crippen LogP contribution in [0.4, 0.5) is 5.69 Å². The minimum Gasteiger partial charge on any atom is -0.493 e. The lowest BCUT2D eigenvalue weighted by Crippen LogP contribution is -2.37. The average Bonchev–Trinajstić information content (AvgIpc) is 2.59. The van der Waals surface area contributed by atoms with Gasteiger partial charge in [0.25, 0.3) is 0 Å². The van der Waals surface area contributed by atoms with Crippen molar-refractivity contribution in [2.75, 3.05) is 17.6 Å². The number of nitrogens with zero attached hydrogens (tertiary/aromatic N) is 1. The van der Waals surface area contributed by atoms with Crippen LogP contribution in [0.25, 0.3) is 0 Å². The number of nitrogens with one attached hydrogen (secondary N) is 2. The average molecular weight is 502 g/mol. The van der Waals surface area contributed by atoms with Crippen LogP contribution in [-0.4, -0.2) is 27.2 Å². The molecule has 27 heavy (non-hydrogen) atoms. The maximum Gasteiger partial charge on any atom is 0.229 e. The van der Waals surface area contributed by atoms with Crippen molar-refractivity contribution in [1.29, 1.82) is 0 Å². The van der Waals surface area contributed by atoms with Gasteiger partial charge in [0.15, 0.2) is 5.96 Å². The van der Waals surface area contributed by atoms with Crippen molar-refractivity contribution in [3.63, 3.8) is 0 Å². The van der Waals surface area contributed by atoms with Gasteiger partial charge in [-0.05, 0) is 23.8 Å². The van der Waals surface area contributed by atoms with E-state index in [9.17, 15) is 8.42 Å². The van der Waals surface area contributed by atoms with Crippen molar-refractivity contribution in [2.45, 2.75) is 19.0 Å². The lowest BCUT2D eigenvalue weighted by Gasteiger charge is -2.26. The molecule has 2 aromatic carbocycles. The molecule has 0 aliphatic carbocycles. The number of anilines is 1. The summed E-state index contributed by atoms with van der Waals surface area (Å²) in [5, 5.41) is 3.23. The van der Waals surface area contributed by atoms with Gasteiger partial charge in [0.1, 0.15) is 5.75 Å². The lowest BCUT2D eigenvalue weighted by atomic mass is 10.0. The van der Waals surface area contributed by atoms with E-state index in [-0.39, 0.29) is 30.0 Å². The van der Waals surface area contributed by atoms with Crippen LogP contribution >= 0.6 is 24.0 Å². The number of benzene rings is 2. The minimum atomic E-state index is -3.31. The number of ether oxygens (including phenoxy) is 1. The van der Waals surface area contributed by atoms with Crippen molar-refractivity contribution in [3.05, 3.63) is 59.7 Å². The molecule has 0 saturated carbocycles. The molecule has 4 N–H and O–H groups in total. The molecule has 3 rings (SSSR count). The predicted octanol–water partition coefficient (Wildman–Crippen LogP) is 2.60. The first-order chi connectivity index (χ1) is 12.4. The fourth-order valence-electron chi connectivity index (χ4n) is 2.84. The zero-order valence-corrected chi connectivity index (χ0v) is 18.0. The van der Waals surface area contributed by atoms with E-state index in [4.69, 9.17) is 10.5 Å². The molecule has 0 fully saturated rings. The van der Waals surface area contributed by atoms with Crippen LogP contribution in [-0.2, 0) is 16.6 Å². The number of halogens is 1. The number of guanidine groups is 1. The maximum atomic E-state index is 11.3. The Morgan fingerprint density at radius 1 is 1.26 bits per heavy atom. The van der Waals surface area contributed by atoms with Gasteiger partial charge in [0, 0.05) is 17.7 Å². The van der Waals surface area contributed by atoms with Crippen LogP contribution in [0.1, 0.15) is 23.6 Å². The van der Waals surface area contributed by atoms with E-state index in [1.807, 2.05) is 30.3 Å². The molecule has 0 bridgehead atoms. The molecule has 146 valence electrons. The fraction of sp³-hybridized carbons (Fsp3) is 0.278. The number of rotatable bonds is 5. The van der Waals surface area contributed by atoms with Crippen molar-refractivity contribution in [1.82, 2.24) is 5.32 Å². The first-order valence-electron chi connectivity index (χ1n) is 8.25. The number of nitrogens with two attached hydrogens (primary N) is 1. The Labute approximate surface area is 176 Å². The third-order valence-corrected chi connectivity index (χ3v) is 4.55. The third-order valence-electron chi connectivity index (χ3n) is 3.94. The Balaban J connectivity index is 0.00000261. The molecule has 2 aromatic rings. The molecule has 1 atom stereocenters. The van der Waals surface area contributed by atoms with Gasteiger partial charge in [-0.15, -0.1) is 24.0 Å². The molecule has 0 spiro atoms. The molecule has 0 aromatic heterocycles. The van der Waals surface area contributed by atoms with E-state index >= 15 is 0 Å². The zero-order valence-electron chi connectivity index (χ0n) is 14.9. The van der Waals surface area contributed by atoms with Gasteiger partial charge in [-0.3, -0.25) is 4.72 Å². The van der Waals surface area contributed by atoms with Crippen LogP contribution < -0.4 is 20.5 Å². The number of aliphatic imine (C=N–C) groups is 1. The summed E-state index contributed by atoms with van der Waals surface area (Å²) >= 11 is 0. The normalized spacial score (nSPS) is 16.5. The Morgan fingerprint density at radius 3 is 2.81 bits per heavy atom. The van der Waals surface area contributed by atoms with E-state index in [2.05, 4.69) is 15.0 Å². The molecule has 9 heteroatoms. The zero-order chi connectivity index (χ0) is 18.6. The van der Waals surface area contributed by atoms with E-state index < -0.39 is 10.0 Å². The molecule has 0 amide bonds. The van der Waals surface area contributed by atoms with Gasteiger partial charge in [-0.1, -0.05) is 30.3 Å².